The Labute approximate surface area is 97.9 Å². The highest BCUT2D eigenvalue weighted by atomic mass is 16.5. The molecule has 4 nitrogen and oxygen atoms in total. The number of hydrogen-bond acceptors (Lipinski definition) is 4. The van der Waals surface area contributed by atoms with Crippen LogP contribution in [0, 0.1) is 11.3 Å². The SMILES string of the molecule is CNC(C)(C#N)CCCOCC1CCCO1. The molecule has 0 aromatic carbocycles. The molecule has 0 aromatic rings. The molecule has 0 aliphatic carbocycles. The first kappa shape index (κ1) is 13.4. The van der Waals surface area contributed by atoms with Crippen LogP contribution in [0.25, 0.3) is 0 Å². The van der Waals surface area contributed by atoms with Crippen LogP contribution in [0.2, 0.25) is 0 Å². The third-order valence-corrected chi connectivity index (χ3v) is 3.09. The Morgan fingerprint density at radius 3 is 3.00 bits per heavy atom. The quantitative estimate of drug-likeness (QED) is 0.668. The van der Waals surface area contributed by atoms with Crippen LogP contribution in [0.5, 0.6) is 0 Å². The van der Waals surface area contributed by atoms with E-state index >= 15 is 0 Å². The standard InChI is InChI=1S/C12H22N2O2/c1-12(10-13,14-2)6-4-7-15-9-11-5-3-8-16-11/h11,14H,3-9H2,1-2H3. The summed E-state index contributed by atoms with van der Waals surface area (Å²) < 4.78 is 11.0. The zero-order valence-corrected chi connectivity index (χ0v) is 10.3. The number of nitriles is 1. The number of rotatable bonds is 7. The summed E-state index contributed by atoms with van der Waals surface area (Å²) in [6.45, 7) is 4.19. The second-order valence-corrected chi connectivity index (χ2v) is 4.51. The van der Waals surface area contributed by atoms with E-state index < -0.39 is 5.54 Å². The molecule has 1 N–H and O–H groups in total. The van der Waals surface area contributed by atoms with Crippen molar-refractivity contribution in [2.45, 2.75) is 44.2 Å². The van der Waals surface area contributed by atoms with Crippen molar-refractivity contribution in [3.8, 4) is 6.07 Å². The molecular formula is C12H22N2O2. The van der Waals surface area contributed by atoms with Gasteiger partial charge in [0.2, 0.25) is 0 Å². The van der Waals surface area contributed by atoms with E-state index in [-0.39, 0.29) is 0 Å². The maximum absolute atomic E-state index is 8.94. The van der Waals surface area contributed by atoms with Crippen molar-refractivity contribution >= 4 is 0 Å². The van der Waals surface area contributed by atoms with Gasteiger partial charge in [-0.3, -0.25) is 0 Å². The summed E-state index contributed by atoms with van der Waals surface area (Å²) in [5.74, 6) is 0. The molecule has 4 heteroatoms. The summed E-state index contributed by atoms with van der Waals surface area (Å²) in [6.07, 6.45) is 4.28. The van der Waals surface area contributed by atoms with Crippen molar-refractivity contribution in [3.05, 3.63) is 0 Å². The Bertz CT molecular complexity index is 234. The molecule has 0 radical (unpaired) electrons. The molecule has 0 bridgehead atoms. The van der Waals surface area contributed by atoms with Gasteiger partial charge in [-0.25, -0.2) is 0 Å². The van der Waals surface area contributed by atoms with Crippen molar-refractivity contribution in [1.29, 1.82) is 5.26 Å². The van der Waals surface area contributed by atoms with Crippen molar-refractivity contribution in [2.24, 2.45) is 0 Å². The van der Waals surface area contributed by atoms with E-state index in [2.05, 4.69) is 11.4 Å². The Kier molecular flexibility index (Phi) is 5.75. The summed E-state index contributed by atoms with van der Waals surface area (Å²) in [6, 6.07) is 2.27. The van der Waals surface area contributed by atoms with Crippen LogP contribution in [0.4, 0.5) is 0 Å². The highest BCUT2D eigenvalue weighted by Crippen LogP contribution is 2.13. The predicted molar refractivity (Wildman–Crippen MR) is 62.1 cm³/mol. The Morgan fingerprint density at radius 2 is 2.44 bits per heavy atom. The maximum atomic E-state index is 8.94. The molecule has 16 heavy (non-hydrogen) atoms. The van der Waals surface area contributed by atoms with E-state index in [4.69, 9.17) is 14.7 Å². The van der Waals surface area contributed by atoms with E-state index in [1.54, 1.807) is 0 Å². The zero-order valence-electron chi connectivity index (χ0n) is 10.3. The normalized spacial score (nSPS) is 23.9. The summed E-state index contributed by atoms with van der Waals surface area (Å²) >= 11 is 0. The van der Waals surface area contributed by atoms with Gasteiger partial charge in [0.15, 0.2) is 0 Å². The first-order valence-corrected chi connectivity index (χ1v) is 6.00. The average Bonchev–Trinajstić information content (AvgIpc) is 2.81. The van der Waals surface area contributed by atoms with Crippen LogP contribution >= 0.6 is 0 Å². The minimum Gasteiger partial charge on any atom is -0.379 e. The van der Waals surface area contributed by atoms with Crippen LogP contribution in [-0.4, -0.2) is 38.5 Å². The fraction of sp³-hybridized carbons (Fsp3) is 0.917. The first-order chi connectivity index (χ1) is 7.70. The fourth-order valence-corrected chi connectivity index (χ4v) is 1.76. The molecule has 0 aromatic heterocycles. The van der Waals surface area contributed by atoms with Gasteiger partial charge in [0, 0.05) is 13.2 Å². The van der Waals surface area contributed by atoms with Crippen LogP contribution in [-0.2, 0) is 9.47 Å². The lowest BCUT2D eigenvalue weighted by molar-refractivity contribution is 0.0154. The Balaban J connectivity index is 2.01. The number of hydrogen-bond donors (Lipinski definition) is 1. The van der Waals surface area contributed by atoms with E-state index in [9.17, 15) is 0 Å². The highest BCUT2D eigenvalue weighted by Gasteiger charge is 2.20. The van der Waals surface area contributed by atoms with Gasteiger partial charge in [-0.1, -0.05) is 0 Å². The largest absolute Gasteiger partial charge is 0.379 e. The number of nitrogens with one attached hydrogen (secondary N) is 1. The second kappa shape index (κ2) is 6.85. The van der Waals surface area contributed by atoms with Gasteiger partial charge in [-0.15, -0.1) is 0 Å². The van der Waals surface area contributed by atoms with E-state index in [0.717, 1.165) is 32.3 Å². The minimum absolute atomic E-state index is 0.298. The lowest BCUT2D eigenvalue weighted by Crippen LogP contribution is -2.38. The third-order valence-electron chi connectivity index (χ3n) is 3.09. The summed E-state index contributed by atoms with van der Waals surface area (Å²) in [5.41, 5.74) is -0.423. The molecule has 2 atom stereocenters. The zero-order chi connectivity index (χ0) is 11.9. The fourth-order valence-electron chi connectivity index (χ4n) is 1.76. The maximum Gasteiger partial charge on any atom is 0.103 e. The molecule has 0 saturated carbocycles. The van der Waals surface area contributed by atoms with Gasteiger partial charge in [0.05, 0.1) is 18.8 Å². The van der Waals surface area contributed by atoms with Crippen molar-refractivity contribution in [3.63, 3.8) is 0 Å². The molecule has 1 rings (SSSR count). The molecule has 0 spiro atoms. The van der Waals surface area contributed by atoms with Crippen LogP contribution in [0.15, 0.2) is 0 Å². The second-order valence-electron chi connectivity index (χ2n) is 4.51. The highest BCUT2D eigenvalue weighted by molar-refractivity contribution is 5.02. The van der Waals surface area contributed by atoms with Crippen LogP contribution in [0.1, 0.15) is 32.6 Å². The monoisotopic (exact) mass is 226 g/mol. The van der Waals surface area contributed by atoms with Gasteiger partial charge in [-0.05, 0) is 39.7 Å². The van der Waals surface area contributed by atoms with E-state index in [0.29, 0.717) is 19.3 Å². The molecule has 92 valence electrons. The van der Waals surface area contributed by atoms with Gasteiger partial charge in [-0.2, -0.15) is 5.26 Å². The number of nitrogens with zero attached hydrogens (tertiary/aromatic N) is 1. The van der Waals surface area contributed by atoms with Crippen LogP contribution in [0.3, 0.4) is 0 Å². The molecule has 1 fully saturated rings. The van der Waals surface area contributed by atoms with E-state index in [1.807, 2.05) is 14.0 Å². The van der Waals surface area contributed by atoms with Crippen molar-refractivity contribution < 1.29 is 9.47 Å². The lowest BCUT2D eigenvalue weighted by Gasteiger charge is -2.20. The predicted octanol–water partition coefficient (Wildman–Crippen LogP) is 1.46. The van der Waals surface area contributed by atoms with Gasteiger partial charge >= 0.3 is 0 Å². The van der Waals surface area contributed by atoms with E-state index in [1.165, 1.54) is 0 Å². The minimum atomic E-state index is -0.423. The Morgan fingerprint density at radius 1 is 1.62 bits per heavy atom. The molecule has 0 amide bonds. The summed E-state index contributed by atoms with van der Waals surface area (Å²) in [7, 11) is 1.82. The van der Waals surface area contributed by atoms with Gasteiger partial charge in [0.1, 0.15) is 5.54 Å². The first-order valence-electron chi connectivity index (χ1n) is 6.00. The van der Waals surface area contributed by atoms with Crippen molar-refractivity contribution in [1.82, 2.24) is 5.32 Å². The third kappa shape index (κ3) is 4.48. The summed E-state index contributed by atoms with van der Waals surface area (Å²) in [4.78, 5) is 0. The lowest BCUT2D eigenvalue weighted by atomic mass is 9.98. The van der Waals surface area contributed by atoms with Crippen LogP contribution < -0.4 is 5.32 Å². The molecule has 1 heterocycles. The Hall–Kier alpha value is -0.630. The molecule has 1 aliphatic rings. The number of ether oxygens (including phenoxy) is 2. The molecule has 1 aliphatic heterocycles. The smallest absolute Gasteiger partial charge is 0.103 e. The topological polar surface area (TPSA) is 54.3 Å². The molecule has 1 saturated heterocycles. The molecule has 2 unspecified atom stereocenters. The molecular weight excluding hydrogens is 204 g/mol. The van der Waals surface area contributed by atoms with Gasteiger partial charge < -0.3 is 14.8 Å². The average molecular weight is 226 g/mol. The summed E-state index contributed by atoms with van der Waals surface area (Å²) in [5, 5.41) is 12.0. The van der Waals surface area contributed by atoms with Gasteiger partial charge in [0.25, 0.3) is 0 Å². The van der Waals surface area contributed by atoms with Crippen molar-refractivity contribution in [2.75, 3.05) is 26.9 Å².